The van der Waals surface area contributed by atoms with Crippen LogP contribution in [0.15, 0.2) is 47.1 Å². The summed E-state index contributed by atoms with van der Waals surface area (Å²) in [7, 11) is 0. The highest BCUT2D eigenvalue weighted by Gasteiger charge is 2.10. The quantitative estimate of drug-likeness (QED) is 0.703. The third-order valence-corrected chi connectivity index (χ3v) is 3.73. The van der Waals surface area contributed by atoms with E-state index >= 15 is 0 Å². The van der Waals surface area contributed by atoms with Crippen LogP contribution in [0.5, 0.6) is 0 Å². The average Bonchev–Trinajstić information content (AvgIpc) is 2.46. The molecule has 0 radical (unpaired) electrons. The summed E-state index contributed by atoms with van der Waals surface area (Å²) in [6, 6.07) is 10.6. The van der Waals surface area contributed by atoms with E-state index in [2.05, 4.69) is 26.2 Å². The van der Waals surface area contributed by atoms with Crippen LogP contribution in [0.2, 0.25) is 0 Å². The van der Waals surface area contributed by atoms with Gasteiger partial charge >= 0.3 is 0 Å². The Hall–Kier alpha value is -2.14. The molecule has 0 unspecified atom stereocenters. The number of fused-ring (bicyclic) bond motifs is 1. The van der Waals surface area contributed by atoms with Crippen LogP contribution in [0, 0.1) is 12.7 Å². The van der Waals surface area contributed by atoms with E-state index in [0.29, 0.717) is 17.1 Å². The minimum absolute atomic E-state index is 0.319. The first-order valence-electron chi connectivity index (χ1n) is 6.41. The van der Waals surface area contributed by atoms with Crippen LogP contribution < -0.4 is 11.1 Å². The van der Waals surface area contributed by atoms with Gasteiger partial charge in [-0.1, -0.05) is 22.0 Å². The second-order valence-electron chi connectivity index (χ2n) is 4.86. The molecule has 3 aromatic rings. The minimum atomic E-state index is -0.319. The molecular weight excluding hydrogens is 333 g/mol. The van der Waals surface area contributed by atoms with Gasteiger partial charge in [0.25, 0.3) is 0 Å². The van der Waals surface area contributed by atoms with Gasteiger partial charge in [-0.15, -0.1) is 0 Å². The highest BCUT2D eigenvalue weighted by Crippen LogP contribution is 2.33. The number of nitrogens with zero attached hydrogens (tertiary/aromatic N) is 1. The van der Waals surface area contributed by atoms with Crippen molar-refractivity contribution in [1.29, 1.82) is 0 Å². The Bertz CT molecular complexity index is 828. The first-order valence-corrected chi connectivity index (χ1v) is 7.21. The van der Waals surface area contributed by atoms with Gasteiger partial charge in [0.1, 0.15) is 5.82 Å². The fourth-order valence-corrected chi connectivity index (χ4v) is 2.55. The van der Waals surface area contributed by atoms with E-state index < -0.39 is 0 Å². The van der Waals surface area contributed by atoms with Crippen molar-refractivity contribution >= 4 is 43.9 Å². The van der Waals surface area contributed by atoms with Crippen molar-refractivity contribution in [2.75, 3.05) is 11.1 Å². The fourth-order valence-electron chi connectivity index (χ4n) is 2.19. The number of hydrogen-bond donors (Lipinski definition) is 2. The smallest absolute Gasteiger partial charge is 0.146 e. The highest BCUT2D eigenvalue weighted by molar-refractivity contribution is 9.10. The maximum atomic E-state index is 13.9. The molecule has 0 saturated heterocycles. The number of hydrogen-bond acceptors (Lipinski definition) is 3. The molecule has 3 N–H and O–H groups in total. The number of benzene rings is 2. The molecule has 0 fully saturated rings. The van der Waals surface area contributed by atoms with Gasteiger partial charge in [-0.25, -0.2) is 4.39 Å². The van der Waals surface area contributed by atoms with Gasteiger partial charge in [0.05, 0.1) is 28.8 Å². The SMILES string of the molecule is Cc1ccc(F)c(Nc2c(N)cnc3ccc(Br)cc23)c1. The molecular formula is C16H13BrFN3. The molecule has 1 heterocycles. The fraction of sp³-hybridized carbons (Fsp3) is 0.0625. The lowest BCUT2D eigenvalue weighted by Crippen LogP contribution is -2.00. The molecule has 3 rings (SSSR count). The summed E-state index contributed by atoms with van der Waals surface area (Å²) in [5.74, 6) is -0.319. The molecule has 5 heteroatoms. The first-order chi connectivity index (χ1) is 10.0. The van der Waals surface area contributed by atoms with E-state index in [1.54, 1.807) is 18.3 Å². The summed E-state index contributed by atoms with van der Waals surface area (Å²) in [6.45, 7) is 1.91. The van der Waals surface area contributed by atoms with Crippen LogP contribution in [-0.2, 0) is 0 Å². The highest BCUT2D eigenvalue weighted by atomic mass is 79.9. The lowest BCUT2D eigenvalue weighted by molar-refractivity contribution is 0.631. The van der Waals surface area contributed by atoms with Crippen LogP contribution in [0.4, 0.5) is 21.5 Å². The zero-order valence-electron chi connectivity index (χ0n) is 11.3. The van der Waals surface area contributed by atoms with Crippen molar-refractivity contribution in [1.82, 2.24) is 4.98 Å². The zero-order chi connectivity index (χ0) is 15.0. The predicted octanol–water partition coefficient (Wildman–Crippen LogP) is 4.77. The van der Waals surface area contributed by atoms with Gasteiger partial charge in [0.2, 0.25) is 0 Å². The molecule has 0 aliphatic rings. The molecule has 0 aliphatic heterocycles. The van der Waals surface area contributed by atoms with Crippen molar-refractivity contribution in [3.05, 3.63) is 58.4 Å². The van der Waals surface area contributed by atoms with Crippen LogP contribution in [0.3, 0.4) is 0 Å². The molecule has 106 valence electrons. The van der Waals surface area contributed by atoms with Crippen LogP contribution in [0.25, 0.3) is 10.9 Å². The number of rotatable bonds is 2. The van der Waals surface area contributed by atoms with Crippen molar-refractivity contribution in [3.63, 3.8) is 0 Å². The van der Waals surface area contributed by atoms with Gasteiger partial charge in [0.15, 0.2) is 0 Å². The van der Waals surface area contributed by atoms with Crippen molar-refractivity contribution in [2.45, 2.75) is 6.92 Å². The Morgan fingerprint density at radius 1 is 1.19 bits per heavy atom. The number of anilines is 3. The molecule has 0 spiro atoms. The molecule has 0 bridgehead atoms. The van der Waals surface area contributed by atoms with E-state index in [1.165, 1.54) is 6.07 Å². The summed E-state index contributed by atoms with van der Waals surface area (Å²) in [5.41, 5.74) is 9.30. The number of nitrogen functional groups attached to an aromatic ring is 1. The molecule has 21 heavy (non-hydrogen) atoms. The first kappa shape index (κ1) is 13.8. The average molecular weight is 346 g/mol. The third-order valence-electron chi connectivity index (χ3n) is 3.24. The summed E-state index contributed by atoms with van der Waals surface area (Å²) < 4.78 is 14.9. The maximum absolute atomic E-state index is 13.9. The summed E-state index contributed by atoms with van der Waals surface area (Å²) in [5, 5.41) is 3.93. The lowest BCUT2D eigenvalue weighted by Gasteiger charge is -2.13. The molecule has 3 nitrogen and oxygen atoms in total. The Balaban J connectivity index is 2.17. The van der Waals surface area contributed by atoms with Gasteiger partial charge in [-0.3, -0.25) is 4.98 Å². The van der Waals surface area contributed by atoms with Gasteiger partial charge in [-0.05, 0) is 42.8 Å². The number of aryl methyl sites for hydroxylation is 1. The summed E-state index contributed by atoms with van der Waals surface area (Å²) in [4.78, 5) is 4.28. The van der Waals surface area contributed by atoms with Crippen molar-refractivity contribution < 1.29 is 4.39 Å². The monoisotopic (exact) mass is 345 g/mol. The number of pyridine rings is 1. The Morgan fingerprint density at radius 2 is 2.00 bits per heavy atom. The van der Waals surface area contributed by atoms with E-state index in [0.717, 1.165) is 20.9 Å². The Morgan fingerprint density at radius 3 is 2.81 bits per heavy atom. The van der Waals surface area contributed by atoms with Crippen LogP contribution >= 0.6 is 15.9 Å². The Kier molecular flexibility index (Phi) is 3.51. The maximum Gasteiger partial charge on any atom is 0.146 e. The number of aromatic nitrogens is 1. The van der Waals surface area contributed by atoms with Gasteiger partial charge in [-0.2, -0.15) is 0 Å². The Labute approximate surface area is 130 Å². The molecule has 0 atom stereocenters. The molecule has 0 amide bonds. The van der Waals surface area contributed by atoms with Gasteiger partial charge in [0, 0.05) is 9.86 Å². The third kappa shape index (κ3) is 2.69. The van der Waals surface area contributed by atoms with E-state index in [-0.39, 0.29) is 5.82 Å². The molecule has 0 saturated carbocycles. The van der Waals surface area contributed by atoms with E-state index in [4.69, 9.17) is 5.73 Å². The van der Waals surface area contributed by atoms with Crippen LogP contribution in [-0.4, -0.2) is 4.98 Å². The van der Waals surface area contributed by atoms with E-state index in [9.17, 15) is 4.39 Å². The molecule has 0 aliphatic carbocycles. The second kappa shape index (κ2) is 5.33. The predicted molar refractivity (Wildman–Crippen MR) is 88.3 cm³/mol. The minimum Gasteiger partial charge on any atom is -0.396 e. The summed E-state index contributed by atoms with van der Waals surface area (Å²) >= 11 is 3.43. The van der Waals surface area contributed by atoms with Crippen molar-refractivity contribution in [2.24, 2.45) is 0 Å². The lowest BCUT2D eigenvalue weighted by atomic mass is 10.1. The molecule has 1 aromatic heterocycles. The largest absolute Gasteiger partial charge is 0.396 e. The molecule has 2 aromatic carbocycles. The summed E-state index contributed by atoms with van der Waals surface area (Å²) in [6.07, 6.45) is 1.58. The van der Waals surface area contributed by atoms with Crippen molar-refractivity contribution in [3.8, 4) is 0 Å². The zero-order valence-corrected chi connectivity index (χ0v) is 12.9. The van der Waals surface area contributed by atoms with E-state index in [1.807, 2.05) is 25.1 Å². The normalized spacial score (nSPS) is 10.8. The van der Waals surface area contributed by atoms with Gasteiger partial charge < -0.3 is 11.1 Å². The number of halogens is 2. The number of nitrogens with two attached hydrogens (primary N) is 1. The second-order valence-corrected chi connectivity index (χ2v) is 5.77. The van der Waals surface area contributed by atoms with Crippen LogP contribution in [0.1, 0.15) is 5.56 Å². The topological polar surface area (TPSA) is 50.9 Å². The number of nitrogens with one attached hydrogen (secondary N) is 1. The standard InChI is InChI=1S/C16H13BrFN3/c1-9-2-4-12(18)15(6-9)21-16-11-7-10(17)3-5-14(11)20-8-13(16)19/h2-8H,19H2,1H3,(H,20,21).